The van der Waals surface area contributed by atoms with E-state index < -0.39 is 0 Å². The average Bonchev–Trinajstić information content (AvgIpc) is 2.90. The Morgan fingerprint density at radius 1 is 1.12 bits per heavy atom. The molecule has 24 heavy (non-hydrogen) atoms. The van der Waals surface area contributed by atoms with E-state index in [0.29, 0.717) is 4.75 Å². The molecule has 0 aliphatic rings. The molecular formula is C20H27N3S. The normalized spacial score (nSPS) is 12.3. The molecule has 0 bridgehead atoms. The summed E-state index contributed by atoms with van der Waals surface area (Å²) in [7, 11) is 0. The van der Waals surface area contributed by atoms with Crippen LogP contribution in [0, 0.1) is 0 Å². The highest BCUT2D eigenvalue weighted by Gasteiger charge is 2.15. The van der Waals surface area contributed by atoms with Crippen molar-refractivity contribution in [3.05, 3.63) is 36.3 Å². The molecule has 0 atom stereocenters. The number of nitrogens with zero attached hydrogens (tertiary/aromatic N) is 3. The Bertz CT molecular complexity index is 830. The average molecular weight is 342 g/mol. The Labute approximate surface area is 148 Å². The van der Waals surface area contributed by atoms with Crippen molar-refractivity contribution >= 4 is 33.7 Å². The predicted octanol–water partition coefficient (Wildman–Crippen LogP) is 5.46. The van der Waals surface area contributed by atoms with Crippen LogP contribution in [0.4, 0.5) is 0 Å². The summed E-state index contributed by atoms with van der Waals surface area (Å²) in [5.74, 6) is 2.31. The van der Waals surface area contributed by atoms with Crippen LogP contribution in [0.15, 0.2) is 30.5 Å². The second kappa shape index (κ2) is 7.14. The minimum absolute atomic E-state index is 0.295. The van der Waals surface area contributed by atoms with Crippen LogP contribution in [0.2, 0.25) is 0 Å². The largest absolute Gasteiger partial charge is 0.327 e. The number of fused-ring (bicyclic) bond motifs is 3. The number of hydrogen-bond acceptors (Lipinski definition) is 3. The van der Waals surface area contributed by atoms with Crippen LogP contribution in [0.3, 0.4) is 0 Å². The van der Waals surface area contributed by atoms with E-state index in [9.17, 15) is 0 Å². The van der Waals surface area contributed by atoms with Crippen molar-refractivity contribution in [3.8, 4) is 0 Å². The molecule has 0 N–H and O–H groups in total. The number of aryl methyl sites for hydroxylation is 2. The highest BCUT2D eigenvalue weighted by molar-refractivity contribution is 8.00. The van der Waals surface area contributed by atoms with Gasteiger partial charge in [-0.2, -0.15) is 11.8 Å². The highest BCUT2D eigenvalue weighted by atomic mass is 32.2. The molecule has 0 amide bonds. The fourth-order valence-corrected chi connectivity index (χ4v) is 3.91. The first-order valence-electron chi connectivity index (χ1n) is 8.86. The topological polar surface area (TPSA) is 30.7 Å². The van der Waals surface area contributed by atoms with Crippen molar-refractivity contribution in [3.63, 3.8) is 0 Å². The smallest absolute Gasteiger partial charge is 0.109 e. The minimum Gasteiger partial charge on any atom is -0.327 e. The molecule has 0 spiro atoms. The van der Waals surface area contributed by atoms with E-state index in [2.05, 4.69) is 61.5 Å². The second-order valence-electron chi connectivity index (χ2n) is 7.25. The maximum atomic E-state index is 4.91. The van der Waals surface area contributed by atoms with Gasteiger partial charge in [-0.25, -0.2) is 4.98 Å². The predicted molar refractivity (Wildman–Crippen MR) is 106 cm³/mol. The SMILES string of the molecule is CCCCc1nc2cnc3ccccc3c2n1CCSC(C)(C)C. The molecule has 3 rings (SSSR count). The van der Waals surface area contributed by atoms with Gasteiger partial charge in [-0.05, 0) is 12.5 Å². The Balaban J connectivity index is 2.05. The van der Waals surface area contributed by atoms with Crippen LogP contribution in [-0.2, 0) is 13.0 Å². The zero-order valence-corrected chi connectivity index (χ0v) is 16.0. The molecule has 2 heterocycles. The summed E-state index contributed by atoms with van der Waals surface area (Å²) in [6.07, 6.45) is 5.35. The van der Waals surface area contributed by atoms with Gasteiger partial charge in [0, 0.05) is 28.9 Å². The van der Waals surface area contributed by atoms with E-state index in [1.807, 2.05) is 18.0 Å². The molecule has 128 valence electrons. The Hall–Kier alpha value is -1.55. The third-order valence-electron chi connectivity index (χ3n) is 4.16. The van der Waals surface area contributed by atoms with E-state index in [-0.39, 0.29) is 0 Å². The standard InChI is InChI=1S/C20H27N3S/c1-5-6-11-18-22-17-14-21-16-10-8-7-9-15(16)19(17)23(18)12-13-24-20(2,3)4/h7-10,14H,5-6,11-13H2,1-4H3. The fraction of sp³-hybridized carbons (Fsp3) is 0.500. The monoisotopic (exact) mass is 341 g/mol. The summed E-state index contributed by atoms with van der Waals surface area (Å²) in [5, 5.41) is 1.21. The first-order chi connectivity index (χ1) is 11.5. The Morgan fingerprint density at radius 3 is 2.67 bits per heavy atom. The van der Waals surface area contributed by atoms with Crippen LogP contribution >= 0.6 is 11.8 Å². The number of para-hydroxylation sites is 1. The van der Waals surface area contributed by atoms with Gasteiger partial charge in [0.2, 0.25) is 0 Å². The number of aromatic nitrogens is 3. The highest BCUT2D eigenvalue weighted by Crippen LogP contribution is 2.28. The van der Waals surface area contributed by atoms with Gasteiger partial charge >= 0.3 is 0 Å². The Kier molecular flexibility index (Phi) is 5.14. The molecule has 0 aliphatic carbocycles. The lowest BCUT2D eigenvalue weighted by Crippen LogP contribution is -2.12. The van der Waals surface area contributed by atoms with Gasteiger partial charge in [0.1, 0.15) is 11.3 Å². The summed E-state index contributed by atoms with van der Waals surface area (Å²) >= 11 is 2.01. The molecule has 3 nitrogen and oxygen atoms in total. The number of rotatable bonds is 6. The molecule has 1 aromatic carbocycles. The van der Waals surface area contributed by atoms with E-state index in [1.54, 1.807) is 0 Å². The van der Waals surface area contributed by atoms with Crippen molar-refractivity contribution in [1.82, 2.24) is 14.5 Å². The lowest BCUT2D eigenvalue weighted by atomic mass is 10.2. The van der Waals surface area contributed by atoms with Crippen molar-refractivity contribution in [2.24, 2.45) is 0 Å². The number of imidazole rings is 1. The van der Waals surface area contributed by atoms with Crippen molar-refractivity contribution in [2.45, 2.75) is 58.2 Å². The molecule has 4 heteroatoms. The van der Waals surface area contributed by atoms with Crippen LogP contribution in [0.25, 0.3) is 21.9 Å². The summed E-state index contributed by atoms with van der Waals surface area (Å²) < 4.78 is 2.73. The first-order valence-corrected chi connectivity index (χ1v) is 9.85. The third kappa shape index (κ3) is 3.75. The van der Waals surface area contributed by atoms with E-state index >= 15 is 0 Å². The summed E-state index contributed by atoms with van der Waals surface area (Å²) in [6, 6.07) is 8.40. The number of pyridine rings is 1. The van der Waals surface area contributed by atoms with Gasteiger partial charge in [-0.3, -0.25) is 4.98 Å². The van der Waals surface area contributed by atoms with E-state index in [0.717, 1.165) is 29.8 Å². The van der Waals surface area contributed by atoms with E-state index in [4.69, 9.17) is 4.98 Å². The van der Waals surface area contributed by atoms with Crippen LogP contribution in [0.1, 0.15) is 46.4 Å². The molecule has 0 saturated carbocycles. The number of unbranched alkanes of at least 4 members (excludes halogenated alkanes) is 1. The van der Waals surface area contributed by atoms with Crippen molar-refractivity contribution in [2.75, 3.05) is 5.75 Å². The third-order valence-corrected chi connectivity index (χ3v) is 5.42. The number of benzene rings is 1. The summed E-state index contributed by atoms with van der Waals surface area (Å²) in [4.78, 5) is 9.49. The number of thioether (sulfide) groups is 1. The Morgan fingerprint density at radius 2 is 1.92 bits per heavy atom. The zero-order chi connectivity index (χ0) is 17.2. The number of hydrogen-bond donors (Lipinski definition) is 0. The lowest BCUT2D eigenvalue weighted by molar-refractivity contribution is 0.677. The summed E-state index contributed by atoms with van der Waals surface area (Å²) in [6.45, 7) is 10.1. The molecule has 0 unspecified atom stereocenters. The maximum absolute atomic E-state index is 4.91. The first kappa shape index (κ1) is 17.3. The van der Waals surface area contributed by atoms with Gasteiger partial charge in [0.25, 0.3) is 0 Å². The van der Waals surface area contributed by atoms with Crippen molar-refractivity contribution < 1.29 is 0 Å². The molecule has 2 aromatic heterocycles. The van der Waals surface area contributed by atoms with Crippen LogP contribution < -0.4 is 0 Å². The summed E-state index contributed by atoms with van der Waals surface area (Å²) in [5.41, 5.74) is 3.33. The van der Waals surface area contributed by atoms with Gasteiger partial charge in [-0.15, -0.1) is 0 Å². The fourth-order valence-electron chi connectivity index (χ4n) is 3.02. The van der Waals surface area contributed by atoms with Crippen molar-refractivity contribution in [1.29, 1.82) is 0 Å². The lowest BCUT2D eigenvalue weighted by Gasteiger charge is -2.18. The molecule has 0 fully saturated rings. The maximum Gasteiger partial charge on any atom is 0.109 e. The molecular weight excluding hydrogens is 314 g/mol. The zero-order valence-electron chi connectivity index (χ0n) is 15.2. The van der Waals surface area contributed by atoms with Gasteiger partial charge < -0.3 is 4.57 Å². The van der Waals surface area contributed by atoms with E-state index in [1.165, 1.54) is 29.6 Å². The van der Waals surface area contributed by atoms with Gasteiger partial charge in [-0.1, -0.05) is 52.3 Å². The molecule has 0 radical (unpaired) electrons. The van der Waals surface area contributed by atoms with Crippen LogP contribution in [0.5, 0.6) is 0 Å². The van der Waals surface area contributed by atoms with Gasteiger partial charge in [0.05, 0.1) is 17.2 Å². The second-order valence-corrected chi connectivity index (χ2v) is 9.17. The molecule has 0 aliphatic heterocycles. The molecule has 3 aromatic rings. The molecule has 0 saturated heterocycles. The van der Waals surface area contributed by atoms with Crippen LogP contribution in [-0.4, -0.2) is 25.0 Å². The van der Waals surface area contributed by atoms with Gasteiger partial charge in [0.15, 0.2) is 0 Å². The minimum atomic E-state index is 0.295. The quantitative estimate of drug-likeness (QED) is 0.596.